The fourth-order valence-electron chi connectivity index (χ4n) is 5.39. The Morgan fingerprint density at radius 2 is 2.00 bits per heavy atom. The van der Waals surface area contributed by atoms with Crippen LogP contribution in [0.15, 0.2) is 67.1 Å². The average Bonchev–Trinajstić information content (AvgIpc) is 3.58. The van der Waals surface area contributed by atoms with Crippen molar-refractivity contribution in [3.05, 3.63) is 72.7 Å². The summed E-state index contributed by atoms with van der Waals surface area (Å²) in [5.41, 5.74) is 4.86. The maximum absolute atomic E-state index is 13.1. The van der Waals surface area contributed by atoms with E-state index in [2.05, 4.69) is 44.1 Å². The second kappa shape index (κ2) is 6.83. The zero-order chi connectivity index (χ0) is 20.1. The molecule has 2 bridgehead atoms. The highest BCUT2D eigenvalue weighted by Gasteiger charge is 2.48. The van der Waals surface area contributed by atoms with Gasteiger partial charge in [-0.15, -0.1) is 0 Å². The summed E-state index contributed by atoms with van der Waals surface area (Å²) < 4.78 is 2.30. The minimum atomic E-state index is 0.189. The Morgan fingerprint density at radius 1 is 1.10 bits per heavy atom. The van der Waals surface area contributed by atoms with Gasteiger partial charge < -0.3 is 9.47 Å². The molecule has 4 aromatic rings. The Morgan fingerprint density at radius 3 is 2.83 bits per heavy atom. The van der Waals surface area contributed by atoms with Gasteiger partial charge in [-0.25, -0.2) is 4.98 Å². The van der Waals surface area contributed by atoms with Crippen molar-refractivity contribution in [3.63, 3.8) is 0 Å². The molecule has 6 rings (SSSR count). The smallest absolute Gasteiger partial charge is 0.254 e. The molecule has 0 saturated carbocycles. The van der Waals surface area contributed by atoms with Crippen LogP contribution in [-0.4, -0.2) is 42.6 Å². The molecule has 3 atom stereocenters. The van der Waals surface area contributed by atoms with E-state index in [1.807, 2.05) is 36.5 Å². The number of hydrogen-bond donors (Lipinski definition) is 1. The number of hydrogen-bond acceptors (Lipinski definition) is 3. The first-order valence-corrected chi connectivity index (χ1v) is 10.6. The van der Waals surface area contributed by atoms with Gasteiger partial charge in [-0.2, -0.15) is 5.10 Å². The molecule has 2 saturated heterocycles. The number of rotatable bonds is 4. The first-order chi connectivity index (χ1) is 14.8. The standard InChI is InChI=1S/C24H23N5O/c30-24(16-4-2-1-3-5-16)29-19-6-8-22(29)17(12-19)15-28-11-10-21-23(28)9-7-20(27-21)18-13-25-26-14-18/h1-5,7,9-11,13-14,17,19,22H,6,8,12,15H2,(H,25,26). The lowest BCUT2D eigenvalue weighted by atomic mass is 9.89. The Bertz CT molecular complexity index is 1200. The lowest BCUT2D eigenvalue weighted by Gasteiger charge is -2.25. The number of amides is 1. The van der Waals surface area contributed by atoms with Crippen molar-refractivity contribution >= 4 is 16.9 Å². The highest BCUT2D eigenvalue weighted by molar-refractivity contribution is 5.95. The number of pyridine rings is 1. The van der Waals surface area contributed by atoms with Crippen molar-refractivity contribution in [2.45, 2.75) is 37.9 Å². The summed E-state index contributed by atoms with van der Waals surface area (Å²) in [4.78, 5) is 20.1. The second-order valence-corrected chi connectivity index (χ2v) is 8.43. The van der Waals surface area contributed by atoms with E-state index in [4.69, 9.17) is 4.98 Å². The molecule has 2 aliphatic rings. The van der Waals surface area contributed by atoms with E-state index in [0.29, 0.717) is 18.0 Å². The molecule has 0 aliphatic carbocycles. The lowest BCUT2D eigenvalue weighted by Crippen LogP contribution is -2.37. The summed E-state index contributed by atoms with van der Waals surface area (Å²) in [6.07, 6.45) is 9.10. The summed E-state index contributed by atoms with van der Waals surface area (Å²) in [7, 11) is 0. The van der Waals surface area contributed by atoms with Crippen LogP contribution in [-0.2, 0) is 6.54 Å². The Hall–Kier alpha value is -3.41. The van der Waals surface area contributed by atoms with E-state index in [1.54, 1.807) is 6.20 Å². The van der Waals surface area contributed by atoms with Crippen LogP contribution in [0.1, 0.15) is 29.6 Å². The van der Waals surface area contributed by atoms with Crippen molar-refractivity contribution in [1.29, 1.82) is 0 Å². The molecule has 5 heterocycles. The van der Waals surface area contributed by atoms with Crippen molar-refractivity contribution in [2.75, 3.05) is 0 Å². The van der Waals surface area contributed by atoms with Crippen LogP contribution in [0.4, 0.5) is 0 Å². The minimum absolute atomic E-state index is 0.189. The molecule has 1 amide bonds. The Labute approximate surface area is 174 Å². The predicted octanol–water partition coefficient (Wildman–Crippen LogP) is 4.12. The van der Waals surface area contributed by atoms with Gasteiger partial charge in [-0.3, -0.25) is 9.89 Å². The highest BCUT2D eigenvalue weighted by atomic mass is 16.2. The second-order valence-electron chi connectivity index (χ2n) is 8.43. The topological polar surface area (TPSA) is 66.8 Å². The largest absolute Gasteiger partial charge is 0.346 e. The molecule has 6 nitrogen and oxygen atoms in total. The predicted molar refractivity (Wildman–Crippen MR) is 115 cm³/mol. The molecule has 30 heavy (non-hydrogen) atoms. The first-order valence-electron chi connectivity index (χ1n) is 10.6. The van der Waals surface area contributed by atoms with E-state index in [-0.39, 0.29) is 5.91 Å². The number of aromatic nitrogens is 4. The molecule has 2 fully saturated rings. The van der Waals surface area contributed by atoms with Gasteiger partial charge in [0.2, 0.25) is 0 Å². The molecular weight excluding hydrogens is 374 g/mol. The SMILES string of the molecule is O=C(c1ccccc1)N1C2CCC1C(Cn1ccc3nc(-c4cn[nH]c4)ccc31)C2. The van der Waals surface area contributed by atoms with Crippen LogP contribution in [0.3, 0.4) is 0 Å². The maximum Gasteiger partial charge on any atom is 0.254 e. The van der Waals surface area contributed by atoms with Crippen LogP contribution in [0.25, 0.3) is 22.3 Å². The maximum atomic E-state index is 13.1. The molecule has 1 N–H and O–H groups in total. The molecule has 150 valence electrons. The Kier molecular flexibility index (Phi) is 3.97. The monoisotopic (exact) mass is 397 g/mol. The number of nitrogens with one attached hydrogen (secondary N) is 1. The highest BCUT2D eigenvalue weighted by Crippen LogP contribution is 2.43. The quantitative estimate of drug-likeness (QED) is 0.563. The van der Waals surface area contributed by atoms with Gasteiger partial charge in [-0.1, -0.05) is 18.2 Å². The molecule has 6 heteroatoms. The zero-order valence-electron chi connectivity index (χ0n) is 16.6. The van der Waals surface area contributed by atoms with Gasteiger partial charge in [0.05, 0.1) is 22.9 Å². The molecule has 3 aromatic heterocycles. The lowest BCUT2D eigenvalue weighted by molar-refractivity contribution is 0.0717. The van der Waals surface area contributed by atoms with Gasteiger partial charge in [0.15, 0.2) is 0 Å². The number of H-pyrrole nitrogens is 1. The Balaban J connectivity index is 1.24. The molecule has 2 aliphatic heterocycles. The summed E-state index contributed by atoms with van der Waals surface area (Å²) in [5.74, 6) is 0.676. The third kappa shape index (κ3) is 2.75. The van der Waals surface area contributed by atoms with Gasteiger partial charge in [0, 0.05) is 42.1 Å². The molecule has 3 unspecified atom stereocenters. The normalized spacial score (nSPS) is 22.8. The average molecular weight is 397 g/mol. The number of carbonyl (C=O) groups is 1. The molecule has 0 radical (unpaired) electrons. The van der Waals surface area contributed by atoms with Crippen molar-refractivity contribution in [1.82, 2.24) is 24.6 Å². The van der Waals surface area contributed by atoms with E-state index in [0.717, 1.165) is 53.7 Å². The van der Waals surface area contributed by atoms with Gasteiger partial charge >= 0.3 is 0 Å². The van der Waals surface area contributed by atoms with Crippen LogP contribution < -0.4 is 0 Å². The zero-order valence-corrected chi connectivity index (χ0v) is 16.6. The number of aromatic amines is 1. The third-order valence-electron chi connectivity index (χ3n) is 6.77. The van der Waals surface area contributed by atoms with E-state index in [9.17, 15) is 4.79 Å². The van der Waals surface area contributed by atoms with Crippen LogP contribution in [0.5, 0.6) is 0 Å². The third-order valence-corrected chi connectivity index (χ3v) is 6.77. The number of carbonyl (C=O) groups excluding carboxylic acids is 1. The van der Waals surface area contributed by atoms with Crippen LogP contribution in [0.2, 0.25) is 0 Å². The fraction of sp³-hybridized carbons (Fsp3) is 0.292. The van der Waals surface area contributed by atoms with E-state index >= 15 is 0 Å². The summed E-state index contributed by atoms with van der Waals surface area (Å²) in [6.45, 7) is 0.927. The van der Waals surface area contributed by atoms with Crippen molar-refractivity contribution in [3.8, 4) is 11.3 Å². The molecule has 1 aromatic carbocycles. The summed E-state index contributed by atoms with van der Waals surface area (Å²) >= 11 is 0. The fourth-order valence-corrected chi connectivity index (χ4v) is 5.39. The summed E-state index contributed by atoms with van der Waals surface area (Å²) in [5, 5.41) is 6.86. The van der Waals surface area contributed by atoms with Crippen LogP contribution >= 0.6 is 0 Å². The van der Waals surface area contributed by atoms with Gasteiger partial charge in [0.1, 0.15) is 0 Å². The number of nitrogens with zero attached hydrogens (tertiary/aromatic N) is 4. The molecular formula is C24H23N5O. The first kappa shape index (κ1) is 17.4. The van der Waals surface area contributed by atoms with Crippen molar-refractivity contribution < 1.29 is 4.79 Å². The summed E-state index contributed by atoms with van der Waals surface area (Å²) in [6, 6.07) is 16.7. The van der Waals surface area contributed by atoms with Gasteiger partial charge in [0.25, 0.3) is 5.91 Å². The minimum Gasteiger partial charge on any atom is -0.346 e. The van der Waals surface area contributed by atoms with Crippen LogP contribution in [0, 0.1) is 5.92 Å². The van der Waals surface area contributed by atoms with Crippen molar-refractivity contribution in [2.24, 2.45) is 5.92 Å². The van der Waals surface area contributed by atoms with E-state index < -0.39 is 0 Å². The van der Waals surface area contributed by atoms with Gasteiger partial charge in [-0.05, 0) is 55.5 Å². The van der Waals surface area contributed by atoms with E-state index in [1.165, 1.54) is 0 Å². The molecule has 0 spiro atoms. The number of benzene rings is 1. The number of fused-ring (bicyclic) bond motifs is 3.